The molecule has 0 aliphatic carbocycles. The van der Waals surface area contributed by atoms with Crippen LogP contribution in [0.1, 0.15) is 17.0 Å². The van der Waals surface area contributed by atoms with Crippen molar-refractivity contribution in [3.63, 3.8) is 0 Å². The quantitative estimate of drug-likeness (QED) is 0.783. The van der Waals surface area contributed by atoms with E-state index in [1.807, 2.05) is 6.92 Å². The van der Waals surface area contributed by atoms with E-state index in [0.717, 1.165) is 11.6 Å². The van der Waals surface area contributed by atoms with Crippen LogP contribution in [-0.2, 0) is 6.18 Å². The molecule has 0 saturated heterocycles. The van der Waals surface area contributed by atoms with Crippen molar-refractivity contribution in [2.75, 3.05) is 0 Å². The average molecular weight is 253 g/mol. The Kier molecular flexibility index (Phi) is 3.02. The summed E-state index contributed by atoms with van der Waals surface area (Å²) in [6.07, 6.45) is -1.21. The molecule has 0 atom stereocenters. The van der Waals surface area contributed by atoms with Gasteiger partial charge in [0.05, 0.1) is 0 Å². The van der Waals surface area contributed by atoms with E-state index in [-0.39, 0.29) is 5.69 Å². The molecule has 0 spiro atoms. The third-order valence-corrected chi connectivity index (χ3v) is 2.40. The molecule has 2 heterocycles. The molecule has 0 aliphatic heterocycles. The minimum absolute atomic E-state index is 0.258. The summed E-state index contributed by atoms with van der Waals surface area (Å²) in [5, 5.41) is 0. The molecular weight excluding hydrogens is 243 g/mol. The molecule has 3 nitrogen and oxygen atoms in total. The Labute approximate surface area is 102 Å². The number of nitrogens with zero attached hydrogens (tertiary/aromatic N) is 3. The van der Waals surface area contributed by atoms with Gasteiger partial charge in [-0.2, -0.15) is 13.2 Å². The summed E-state index contributed by atoms with van der Waals surface area (Å²) < 4.78 is 37.4. The number of hydrogen-bond acceptors (Lipinski definition) is 3. The van der Waals surface area contributed by atoms with Gasteiger partial charge in [-0.15, -0.1) is 0 Å². The van der Waals surface area contributed by atoms with Gasteiger partial charge in [-0.1, -0.05) is 0 Å². The van der Waals surface area contributed by atoms with Crippen molar-refractivity contribution in [2.24, 2.45) is 0 Å². The fourth-order valence-electron chi connectivity index (χ4n) is 1.49. The van der Waals surface area contributed by atoms with Gasteiger partial charge in [0.2, 0.25) is 0 Å². The van der Waals surface area contributed by atoms with Crippen molar-refractivity contribution in [1.29, 1.82) is 0 Å². The third-order valence-electron chi connectivity index (χ3n) is 2.40. The Hall–Kier alpha value is -1.98. The number of aryl methyl sites for hydroxylation is 2. The first-order valence-electron chi connectivity index (χ1n) is 5.22. The number of hydrogen-bond donors (Lipinski definition) is 0. The maximum absolute atomic E-state index is 12.5. The molecule has 0 aliphatic rings. The van der Waals surface area contributed by atoms with Gasteiger partial charge < -0.3 is 0 Å². The summed E-state index contributed by atoms with van der Waals surface area (Å²) in [5.41, 5.74) is 0.740. The molecule has 0 fully saturated rings. The zero-order chi connectivity index (χ0) is 13.3. The van der Waals surface area contributed by atoms with Crippen LogP contribution in [0.25, 0.3) is 11.4 Å². The summed E-state index contributed by atoms with van der Waals surface area (Å²) in [6, 6.07) is 2.28. The predicted molar refractivity (Wildman–Crippen MR) is 59.7 cm³/mol. The second kappa shape index (κ2) is 4.36. The first kappa shape index (κ1) is 12.5. The topological polar surface area (TPSA) is 38.7 Å². The Morgan fingerprint density at radius 1 is 1.00 bits per heavy atom. The second-order valence-corrected chi connectivity index (χ2v) is 3.91. The lowest BCUT2D eigenvalue weighted by Crippen LogP contribution is -2.09. The molecule has 0 aromatic carbocycles. The summed E-state index contributed by atoms with van der Waals surface area (Å²) in [5.74, 6) is 0.374. The largest absolute Gasteiger partial charge is 0.433 e. The second-order valence-electron chi connectivity index (χ2n) is 3.91. The highest BCUT2D eigenvalue weighted by molar-refractivity contribution is 5.57. The standard InChI is InChI=1S/C12H10F3N3/c1-7-5-16-11(17-6-7)9-3-4-10(12(13,14)15)18-8(9)2/h3-6H,1-2H3. The zero-order valence-electron chi connectivity index (χ0n) is 9.78. The number of pyridine rings is 1. The highest BCUT2D eigenvalue weighted by Crippen LogP contribution is 2.29. The van der Waals surface area contributed by atoms with E-state index in [0.29, 0.717) is 11.4 Å². The molecule has 0 saturated carbocycles. The van der Waals surface area contributed by atoms with E-state index in [1.54, 1.807) is 12.4 Å². The van der Waals surface area contributed by atoms with Crippen molar-refractivity contribution in [3.05, 3.63) is 41.5 Å². The van der Waals surface area contributed by atoms with Gasteiger partial charge in [0.1, 0.15) is 5.69 Å². The molecular formula is C12H10F3N3. The van der Waals surface area contributed by atoms with Gasteiger partial charge in [0, 0.05) is 23.7 Å². The van der Waals surface area contributed by atoms with E-state index in [1.165, 1.54) is 13.0 Å². The van der Waals surface area contributed by atoms with E-state index in [9.17, 15) is 13.2 Å². The number of halogens is 3. The van der Waals surface area contributed by atoms with Crippen molar-refractivity contribution in [3.8, 4) is 11.4 Å². The molecule has 0 N–H and O–H groups in total. The maximum atomic E-state index is 12.5. The minimum atomic E-state index is -4.43. The summed E-state index contributed by atoms with van der Waals surface area (Å²) >= 11 is 0. The molecule has 6 heteroatoms. The number of alkyl halides is 3. The summed E-state index contributed by atoms with van der Waals surface area (Å²) in [4.78, 5) is 11.7. The normalized spacial score (nSPS) is 11.6. The smallest absolute Gasteiger partial charge is 0.248 e. The van der Waals surface area contributed by atoms with Gasteiger partial charge in [0.15, 0.2) is 5.82 Å². The molecule has 0 bridgehead atoms. The molecule has 94 valence electrons. The van der Waals surface area contributed by atoms with Crippen molar-refractivity contribution in [1.82, 2.24) is 15.0 Å². The van der Waals surface area contributed by atoms with Crippen molar-refractivity contribution in [2.45, 2.75) is 20.0 Å². The number of aromatic nitrogens is 3. The van der Waals surface area contributed by atoms with Gasteiger partial charge in [-0.3, -0.25) is 0 Å². The SMILES string of the molecule is Cc1cnc(-c2ccc(C(F)(F)F)nc2C)nc1. The molecule has 0 unspecified atom stereocenters. The molecule has 2 rings (SSSR count). The molecule has 2 aromatic rings. The Bertz CT molecular complexity index is 562. The van der Waals surface area contributed by atoms with E-state index in [4.69, 9.17) is 0 Å². The molecule has 18 heavy (non-hydrogen) atoms. The Morgan fingerprint density at radius 3 is 2.11 bits per heavy atom. The first-order valence-corrected chi connectivity index (χ1v) is 5.22. The lowest BCUT2D eigenvalue weighted by atomic mass is 10.1. The summed E-state index contributed by atoms with van der Waals surface area (Å²) in [6.45, 7) is 3.34. The van der Waals surface area contributed by atoms with Gasteiger partial charge in [-0.25, -0.2) is 15.0 Å². The van der Waals surface area contributed by atoms with Crippen LogP contribution in [0.4, 0.5) is 13.2 Å². The van der Waals surface area contributed by atoms with E-state index in [2.05, 4.69) is 15.0 Å². The fourth-order valence-corrected chi connectivity index (χ4v) is 1.49. The van der Waals surface area contributed by atoms with Crippen LogP contribution < -0.4 is 0 Å². The third kappa shape index (κ3) is 2.47. The van der Waals surface area contributed by atoms with E-state index >= 15 is 0 Å². The van der Waals surface area contributed by atoms with Crippen LogP contribution in [0, 0.1) is 13.8 Å². The van der Waals surface area contributed by atoms with Crippen LogP contribution in [0.15, 0.2) is 24.5 Å². The van der Waals surface area contributed by atoms with Crippen molar-refractivity contribution < 1.29 is 13.2 Å². The summed E-state index contributed by atoms with van der Waals surface area (Å²) in [7, 11) is 0. The monoisotopic (exact) mass is 253 g/mol. The van der Waals surface area contributed by atoms with Gasteiger partial charge in [-0.05, 0) is 31.5 Å². The Balaban J connectivity index is 2.45. The minimum Gasteiger partial charge on any atom is -0.248 e. The lowest BCUT2D eigenvalue weighted by molar-refractivity contribution is -0.141. The van der Waals surface area contributed by atoms with Crippen LogP contribution in [0.2, 0.25) is 0 Å². The highest BCUT2D eigenvalue weighted by Gasteiger charge is 2.32. The van der Waals surface area contributed by atoms with Crippen molar-refractivity contribution >= 4 is 0 Å². The van der Waals surface area contributed by atoms with Crippen LogP contribution >= 0.6 is 0 Å². The zero-order valence-corrected chi connectivity index (χ0v) is 9.78. The highest BCUT2D eigenvalue weighted by atomic mass is 19.4. The number of rotatable bonds is 1. The predicted octanol–water partition coefficient (Wildman–Crippen LogP) is 3.17. The van der Waals surface area contributed by atoms with E-state index < -0.39 is 11.9 Å². The average Bonchev–Trinajstić information content (AvgIpc) is 2.29. The lowest BCUT2D eigenvalue weighted by Gasteiger charge is -2.09. The molecule has 0 radical (unpaired) electrons. The van der Waals surface area contributed by atoms with Gasteiger partial charge >= 0.3 is 6.18 Å². The van der Waals surface area contributed by atoms with Crippen LogP contribution in [0.5, 0.6) is 0 Å². The fraction of sp³-hybridized carbons (Fsp3) is 0.250. The first-order chi connectivity index (χ1) is 8.38. The maximum Gasteiger partial charge on any atom is 0.433 e. The van der Waals surface area contributed by atoms with Gasteiger partial charge in [0.25, 0.3) is 0 Å². The van der Waals surface area contributed by atoms with Crippen LogP contribution in [-0.4, -0.2) is 15.0 Å². The van der Waals surface area contributed by atoms with Crippen LogP contribution in [0.3, 0.4) is 0 Å². The Morgan fingerprint density at radius 2 is 1.61 bits per heavy atom. The molecule has 2 aromatic heterocycles. The molecule has 0 amide bonds.